The molecule has 0 saturated heterocycles. The first-order valence-electron chi connectivity index (χ1n) is 5.72. The first kappa shape index (κ1) is 12.3. The predicted molar refractivity (Wildman–Crippen MR) is 65.5 cm³/mol. The standard InChI is InChI=1S/C11H15N5O2/c1-7(3-4-10(17)18)14-9-5-8(2)15-11-12-6-13-16(9)11/h5-7,14H,3-4H2,1-2H3,(H,17,18). The number of carboxylic acids is 1. The number of carboxylic acid groups (broad SMARTS) is 1. The molecule has 96 valence electrons. The number of aryl methyl sites for hydroxylation is 1. The normalized spacial score (nSPS) is 12.6. The van der Waals surface area contributed by atoms with Gasteiger partial charge in [0.05, 0.1) is 0 Å². The van der Waals surface area contributed by atoms with Crippen molar-refractivity contribution in [3.8, 4) is 0 Å². The molecule has 0 fully saturated rings. The van der Waals surface area contributed by atoms with Crippen LogP contribution in [0.3, 0.4) is 0 Å². The highest BCUT2D eigenvalue weighted by atomic mass is 16.4. The molecule has 0 bridgehead atoms. The fourth-order valence-electron chi connectivity index (χ4n) is 1.70. The van der Waals surface area contributed by atoms with Gasteiger partial charge in [0.1, 0.15) is 12.1 Å². The fraction of sp³-hybridized carbons (Fsp3) is 0.455. The van der Waals surface area contributed by atoms with E-state index in [9.17, 15) is 4.79 Å². The third kappa shape index (κ3) is 2.73. The molecule has 1 unspecified atom stereocenters. The largest absolute Gasteiger partial charge is 0.481 e. The van der Waals surface area contributed by atoms with E-state index in [0.29, 0.717) is 12.2 Å². The SMILES string of the molecule is Cc1cc(NC(C)CCC(=O)O)n2ncnc2n1. The van der Waals surface area contributed by atoms with Crippen LogP contribution in [0.4, 0.5) is 5.82 Å². The lowest BCUT2D eigenvalue weighted by Crippen LogP contribution is -2.19. The van der Waals surface area contributed by atoms with Gasteiger partial charge in [-0.3, -0.25) is 4.79 Å². The average Bonchev–Trinajstić information content (AvgIpc) is 2.74. The van der Waals surface area contributed by atoms with Gasteiger partial charge in [-0.25, -0.2) is 4.98 Å². The van der Waals surface area contributed by atoms with Crippen molar-refractivity contribution in [3.63, 3.8) is 0 Å². The summed E-state index contributed by atoms with van der Waals surface area (Å²) in [5.74, 6) is 0.510. The second-order valence-electron chi connectivity index (χ2n) is 4.23. The molecule has 0 aromatic carbocycles. The van der Waals surface area contributed by atoms with Crippen LogP contribution in [0.1, 0.15) is 25.5 Å². The first-order chi connectivity index (χ1) is 8.56. The van der Waals surface area contributed by atoms with Gasteiger partial charge in [0.15, 0.2) is 0 Å². The summed E-state index contributed by atoms with van der Waals surface area (Å²) in [6.45, 7) is 3.81. The predicted octanol–water partition coefficient (Wildman–Crippen LogP) is 1.10. The van der Waals surface area contributed by atoms with Gasteiger partial charge in [-0.1, -0.05) is 0 Å². The van der Waals surface area contributed by atoms with Crippen LogP contribution in [0.2, 0.25) is 0 Å². The summed E-state index contributed by atoms with van der Waals surface area (Å²) in [7, 11) is 0. The van der Waals surface area contributed by atoms with E-state index in [1.165, 1.54) is 6.33 Å². The molecule has 0 saturated carbocycles. The molecule has 7 nitrogen and oxygen atoms in total. The Morgan fingerprint density at radius 2 is 2.39 bits per heavy atom. The minimum absolute atomic E-state index is 0.0373. The van der Waals surface area contributed by atoms with Crippen molar-refractivity contribution in [1.82, 2.24) is 19.6 Å². The number of aromatic nitrogens is 4. The zero-order valence-electron chi connectivity index (χ0n) is 10.3. The smallest absolute Gasteiger partial charge is 0.303 e. The van der Waals surface area contributed by atoms with E-state index >= 15 is 0 Å². The Balaban J connectivity index is 2.15. The number of hydrogen-bond donors (Lipinski definition) is 2. The summed E-state index contributed by atoms with van der Waals surface area (Å²) in [5, 5.41) is 15.9. The number of fused-ring (bicyclic) bond motifs is 1. The van der Waals surface area contributed by atoms with Crippen molar-refractivity contribution < 1.29 is 9.90 Å². The Kier molecular flexibility index (Phi) is 3.40. The zero-order valence-corrected chi connectivity index (χ0v) is 10.3. The molecule has 0 aliphatic carbocycles. The maximum absolute atomic E-state index is 10.5. The third-order valence-electron chi connectivity index (χ3n) is 2.57. The lowest BCUT2D eigenvalue weighted by Gasteiger charge is -2.15. The second kappa shape index (κ2) is 4.99. The van der Waals surface area contributed by atoms with E-state index in [4.69, 9.17) is 5.11 Å². The highest BCUT2D eigenvalue weighted by molar-refractivity contribution is 5.66. The van der Waals surface area contributed by atoms with E-state index in [-0.39, 0.29) is 12.5 Å². The molecule has 2 rings (SSSR count). The third-order valence-corrected chi connectivity index (χ3v) is 2.57. The van der Waals surface area contributed by atoms with Crippen LogP contribution in [0.5, 0.6) is 0 Å². The number of hydrogen-bond acceptors (Lipinski definition) is 5. The van der Waals surface area contributed by atoms with E-state index in [0.717, 1.165) is 11.5 Å². The van der Waals surface area contributed by atoms with Crippen LogP contribution in [-0.4, -0.2) is 36.7 Å². The number of rotatable bonds is 5. The molecule has 1 atom stereocenters. The number of anilines is 1. The molecule has 7 heteroatoms. The number of nitrogens with one attached hydrogen (secondary N) is 1. The number of nitrogens with zero attached hydrogens (tertiary/aromatic N) is 4. The topological polar surface area (TPSA) is 92.4 Å². The van der Waals surface area contributed by atoms with Crippen LogP contribution >= 0.6 is 0 Å². The maximum atomic E-state index is 10.5. The van der Waals surface area contributed by atoms with Gasteiger partial charge in [-0.05, 0) is 20.3 Å². The van der Waals surface area contributed by atoms with Crippen LogP contribution in [0.25, 0.3) is 5.78 Å². The van der Waals surface area contributed by atoms with Gasteiger partial charge in [0, 0.05) is 24.2 Å². The van der Waals surface area contributed by atoms with Gasteiger partial charge >= 0.3 is 5.97 Å². The summed E-state index contributed by atoms with van der Waals surface area (Å²) in [6, 6.07) is 1.90. The van der Waals surface area contributed by atoms with Crippen molar-refractivity contribution in [1.29, 1.82) is 0 Å². The molecular weight excluding hydrogens is 234 g/mol. The summed E-state index contributed by atoms with van der Waals surface area (Å²) >= 11 is 0. The molecule has 0 radical (unpaired) electrons. The van der Waals surface area contributed by atoms with E-state index in [2.05, 4.69) is 20.4 Å². The Bertz CT molecular complexity index is 566. The average molecular weight is 249 g/mol. The minimum atomic E-state index is -0.791. The zero-order chi connectivity index (χ0) is 13.1. The molecule has 2 heterocycles. The molecule has 0 aliphatic heterocycles. The highest BCUT2D eigenvalue weighted by Gasteiger charge is 2.09. The van der Waals surface area contributed by atoms with E-state index < -0.39 is 5.97 Å². The second-order valence-corrected chi connectivity index (χ2v) is 4.23. The van der Waals surface area contributed by atoms with E-state index in [1.54, 1.807) is 4.52 Å². The summed E-state index contributed by atoms with van der Waals surface area (Å²) in [6.07, 6.45) is 2.13. The number of carbonyl (C=O) groups is 1. The lowest BCUT2D eigenvalue weighted by atomic mass is 10.2. The van der Waals surface area contributed by atoms with Gasteiger partial charge in [-0.15, -0.1) is 0 Å². The summed E-state index contributed by atoms with van der Waals surface area (Å²) in [5.41, 5.74) is 0.837. The molecule has 2 N–H and O–H groups in total. The molecule has 18 heavy (non-hydrogen) atoms. The highest BCUT2D eigenvalue weighted by Crippen LogP contribution is 2.12. The Morgan fingerprint density at radius 3 is 3.11 bits per heavy atom. The van der Waals surface area contributed by atoms with Crippen molar-refractivity contribution in [2.75, 3.05) is 5.32 Å². The molecule has 0 aliphatic rings. The van der Waals surface area contributed by atoms with Gasteiger partial charge in [-0.2, -0.15) is 14.6 Å². The molecule has 2 aromatic heterocycles. The molecule has 0 spiro atoms. The van der Waals surface area contributed by atoms with Crippen molar-refractivity contribution in [2.45, 2.75) is 32.7 Å². The molecule has 2 aromatic rings. The van der Waals surface area contributed by atoms with Crippen LogP contribution < -0.4 is 5.32 Å². The van der Waals surface area contributed by atoms with E-state index in [1.807, 2.05) is 19.9 Å². The maximum Gasteiger partial charge on any atom is 0.303 e. The van der Waals surface area contributed by atoms with Gasteiger partial charge in [0.25, 0.3) is 5.78 Å². The van der Waals surface area contributed by atoms with Crippen molar-refractivity contribution in [2.24, 2.45) is 0 Å². The van der Waals surface area contributed by atoms with Crippen molar-refractivity contribution >= 4 is 17.6 Å². The quantitative estimate of drug-likeness (QED) is 0.824. The fourth-order valence-corrected chi connectivity index (χ4v) is 1.70. The Labute approximate surface area is 104 Å². The summed E-state index contributed by atoms with van der Waals surface area (Å²) < 4.78 is 1.60. The first-order valence-corrected chi connectivity index (χ1v) is 5.72. The van der Waals surface area contributed by atoms with Gasteiger partial charge in [0.2, 0.25) is 0 Å². The van der Waals surface area contributed by atoms with Crippen LogP contribution in [-0.2, 0) is 4.79 Å². The molecule has 0 amide bonds. The summed E-state index contributed by atoms with van der Waals surface area (Å²) in [4.78, 5) is 18.8. The minimum Gasteiger partial charge on any atom is -0.481 e. The Morgan fingerprint density at radius 1 is 1.61 bits per heavy atom. The lowest BCUT2D eigenvalue weighted by molar-refractivity contribution is -0.137. The number of aliphatic carboxylic acids is 1. The van der Waals surface area contributed by atoms with Crippen LogP contribution in [0, 0.1) is 6.92 Å². The molecular formula is C11H15N5O2. The van der Waals surface area contributed by atoms with Gasteiger partial charge < -0.3 is 10.4 Å². The van der Waals surface area contributed by atoms with Crippen molar-refractivity contribution in [3.05, 3.63) is 18.1 Å². The monoisotopic (exact) mass is 249 g/mol. The van der Waals surface area contributed by atoms with Crippen LogP contribution in [0.15, 0.2) is 12.4 Å². The Hall–Kier alpha value is -2.18.